The van der Waals surface area contributed by atoms with E-state index in [9.17, 15) is 4.79 Å². The Kier molecular flexibility index (Phi) is 7.16. The highest BCUT2D eigenvalue weighted by Crippen LogP contribution is 2.45. The largest absolute Gasteiger partial charge is 0.365 e. The summed E-state index contributed by atoms with van der Waals surface area (Å²) in [5, 5.41) is 15.5. The fourth-order valence-corrected chi connectivity index (χ4v) is 7.56. The zero-order valence-electron chi connectivity index (χ0n) is 24.2. The lowest BCUT2D eigenvalue weighted by Crippen LogP contribution is -2.54. The smallest absolute Gasteiger partial charge is 0.243 e. The molecule has 1 aromatic heterocycles. The summed E-state index contributed by atoms with van der Waals surface area (Å²) in [5.74, 6) is 2.68. The number of hydrogen-bond donors (Lipinski definition) is 2. The first kappa shape index (κ1) is 26.5. The Hall–Kier alpha value is -3.43. The quantitative estimate of drug-likeness (QED) is 0.470. The van der Waals surface area contributed by atoms with Gasteiger partial charge < -0.3 is 9.80 Å². The summed E-state index contributed by atoms with van der Waals surface area (Å²) in [6.07, 6.45) is 7.24. The fraction of sp³-hybridized carbons (Fsp3) is 0.531. The standard InChI is InChI=1S/C32H42N8O/c1-22-10-8-13-25(20-22)38-19-18-37(21-23(38)2)29(41)17-9-16-28-34-35-32-39(28)27-15-7-6-14-26(27)31-33-30(36-40(31)32)24-11-4-3-5-12-24/h3-5,8,10-13,20,23,26-27,30-31,33,36H,6-7,9,14-19,21H2,1-2H3/t23-,26?,27?,30?,31?/m1/s1. The molecule has 9 nitrogen and oxygen atoms in total. The molecule has 3 fully saturated rings. The number of carbonyl (C=O) groups excluding carboxylic acids is 1. The molecule has 9 heteroatoms. The number of fused-ring (bicyclic) bond motifs is 6. The van der Waals surface area contributed by atoms with Gasteiger partial charge in [0.2, 0.25) is 11.9 Å². The van der Waals surface area contributed by atoms with Crippen LogP contribution in [-0.4, -0.2) is 57.4 Å². The second kappa shape index (κ2) is 11.1. The molecule has 1 aliphatic carbocycles. The highest BCUT2D eigenvalue weighted by atomic mass is 16.2. The molecule has 2 N–H and O–H groups in total. The average molecular weight is 555 g/mol. The molecule has 1 amide bonds. The van der Waals surface area contributed by atoms with Crippen molar-refractivity contribution < 1.29 is 4.79 Å². The molecule has 4 heterocycles. The number of aromatic nitrogens is 3. The zero-order chi connectivity index (χ0) is 27.9. The van der Waals surface area contributed by atoms with E-state index in [2.05, 4.69) is 98.6 Å². The van der Waals surface area contributed by atoms with Crippen LogP contribution in [0.4, 0.5) is 11.6 Å². The van der Waals surface area contributed by atoms with E-state index in [-0.39, 0.29) is 18.2 Å². The summed E-state index contributed by atoms with van der Waals surface area (Å²) in [4.78, 5) is 17.7. The fourth-order valence-electron chi connectivity index (χ4n) is 7.56. The van der Waals surface area contributed by atoms with Gasteiger partial charge in [-0.1, -0.05) is 55.3 Å². The molecule has 7 rings (SSSR count). The summed E-state index contributed by atoms with van der Waals surface area (Å²) >= 11 is 0. The van der Waals surface area contributed by atoms with E-state index in [0.717, 1.165) is 50.7 Å². The number of aryl methyl sites for hydroxylation is 2. The van der Waals surface area contributed by atoms with E-state index < -0.39 is 0 Å². The molecule has 0 spiro atoms. The predicted octanol–water partition coefficient (Wildman–Crippen LogP) is 4.33. The van der Waals surface area contributed by atoms with E-state index in [4.69, 9.17) is 10.2 Å². The second-order valence-electron chi connectivity index (χ2n) is 12.3. The third-order valence-electron chi connectivity index (χ3n) is 9.60. The minimum absolute atomic E-state index is 0.0573. The minimum Gasteiger partial charge on any atom is -0.365 e. The van der Waals surface area contributed by atoms with E-state index in [1.165, 1.54) is 36.1 Å². The maximum absolute atomic E-state index is 13.2. The maximum Gasteiger partial charge on any atom is 0.243 e. The minimum atomic E-state index is 0.0573. The van der Waals surface area contributed by atoms with E-state index in [0.29, 0.717) is 24.4 Å². The molecular weight excluding hydrogens is 512 g/mol. The number of nitrogens with one attached hydrogen (secondary N) is 2. The number of hydrogen-bond acceptors (Lipinski definition) is 7. The van der Waals surface area contributed by atoms with Crippen LogP contribution in [0, 0.1) is 12.8 Å². The normalized spacial score (nSPS) is 27.4. The van der Waals surface area contributed by atoms with Crippen LogP contribution in [0.2, 0.25) is 0 Å². The van der Waals surface area contributed by atoms with Gasteiger partial charge in [0.25, 0.3) is 0 Å². The van der Waals surface area contributed by atoms with Gasteiger partial charge in [0.05, 0.1) is 0 Å². The van der Waals surface area contributed by atoms with Crippen molar-refractivity contribution in [3.8, 4) is 0 Å². The lowest BCUT2D eigenvalue weighted by molar-refractivity contribution is -0.132. The van der Waals surface area contributed by atoms with Gasteiger partial charge in [0, 0.05) is 56.2 Å². The molecule has 0 radical (unpaired) electrons. The van der Waals surface area contributed by atoms with Crippen molar-refractivity contribution in [2.75, 3.05) is 29.5 Å². The van der Waals surface area contributed by atoms with Gasteiger partial charge >= 0.3 is 0 Å². The number of anilines is 2. The van der Waals surface area contributed by atoms with Crippen molar-refractivity contribution in [2.24, 2.45) is 5.92 Å². The van der Waals surface area contributed by atoms with Crippen LogP contribution >= 0.6 is 0 Å². The third-order valence-corrected chi connectivity index (χ3v) is 9.60. The van der Waals surface area contributed by atoms with Gasteiger partial charge in [0.1, 0.15) is 18.2 Å². The molecule has 2 saturated heterocycles. The lowest BCUT2D eigenvalue weighted by atomic mass is 9.81. The molecule has 3 aromatic rings. The SMILES string of the molecule is Cc1cccc(N2CCN(C(=O)CCCc3nnc4n3C3CCCCC3C3NC(c5ccccc5)NN43)C[C@H]2C)c1. The van der Waals surface area contributed by atoms with Gasteiger partial charge in [-0.05, 0) is 56.4 Å². The van der Waals surface area contributed by atoms with Crippen LogP contribution in [0.5, 0.6) is 0 Å². The Balaban J connectivity index is 1.00. The highest BCUT2D eigenvalue weighted by molar-refractivity contribution is 5.76. The molecule has 4 unspecified atom stereocenters. The van der Waals surface area contributed by atoms with Crippen LogP contribution in [-0.2, 0) is 11.2 Å². The zero-order valence-corrected chi connectivity index (χ0v) is 24.2. The van der Waals surface area contributed by atoms with Crippen molar-refractivity contribution in [2.45, 2.75) is 83.2 Å². The number of piperazine rings is 1. The summed E-state index contributed by atoms with van der Waals surface area (Å²) in [6.45, 7) is 6.78. The van der Waals surface area contributed by atoms with Crippen molar-refractivity contribution >= 4 is 17.5 Å². The van der Waals surface area contributed by atoms with Crippen molar-refractivity contribution in [1.29, 1.82) is 0 Å². The molecule has 216 valence electrons. The highest BCUT2D eigenvalue weighted by Gasteiger charge is 2.48. The Morgan fingerprint density at radius 1 is 1.02 bits per heavy atom. The molecule has 3 aliphatic heterocycles. The molecule has 5 atom stereocenters. The van der Waals surface area contributed by atoms with E-state index in [1.54, 1.807) is 0 Å². The van der Waals surface area contributed by atoms with Gasteiger partial charge in [-0.25, -0.2) is 5.43 Å². The van der Waals surface area contributed by atoms with Crippen molar-refractivity contribution in [1.82, 2.24) is 30.4 Å². The predicted molar refractivity (Wildman–Crippen MR) is 160 cm³/mol. The van der Waals surface area contributed by atoms with Gasteiger partial charge in [0.15, 0.2) is 0 Å². The molecule has 0 bridgehead atoms. The Labute approximate surface area is 242 Å². The number of hydrazine groups is 1. The summed E-state index contributed by atoms with van der Waals surface area (Å²) in [5.41, 5.74) is 7.44. The van der Waals surface area contributed by atoms with Crippen LogP contribution < -0.4 is 20.7 Å². The molecule has 1 saturated carbocycles. The Morgan fingerprint density at radius 2 is 1.88 bits per heavy atom. The number of benzene rings is 2. The average Bonchev–Trinajstić information content (AvgIpc) is 3.63. The number of amides is 1. The van der Waals surface area contributed by atoms with Crippen LogP contribution in [0.15, 0.2) is 54.6 Å². The van der Waals surface area contributed by atoms with E-state index >= 15 is 0 Å². The molecule has 41 heavy (non-hydrogen) atoms. The maximum atomic E-state index is 13.2. The lowest BCUT2D eigenvalue weighted by Gasteiger charge is -2.44. The summed E-state index contributed by atoms with van der Waals surface area (Å²) in [7, 11) is 0. The topological polar surface area (TPSA) is 81.6 Å². The molecule has 2 aromatic carbocycles. The van der Waals surface area contributed by atoms with E-state index in [1.807, 2.05) is 0 Å². The summed E-state index contributed by atoms with van der Waals surface area (Å²) < 4.78 is 2.40. The molecule has 4 aliphatic rings. The summed E-state index contributed by atoms with van der Waals surface area (Å²) in [6, 6.07) is 19.9. The first-order valence-electron chi connectivity index (χ1n) is 15.5. The monoisotopic (exact) mass is 554 g/mol. The number of nitrogens with zero attached hydrogens (tertiary/aromatic N) is 6. The van der Waals surface area contributed by atoms with Crippen LogP contribution in [0.25, 0.3) is 0 Å². The van der Waals surface area contributed by atoms with Crippen LogP contribution in [0.3, 0.4) is 0 Å². The first-order chi connectivity index (χ1) is 20.1. The van der Waals surface area contributed by atoms with Crippen LogP contribution in [0.1, 0.15) is 74.6 Å². The van der Waals surface area contributed by atoms with Gasteiger partial charge in [-0.2, -0.15) is 0 Å². The second-order valence-corrected chi connectivity index (χ2v) is 12.3. The number of rotatable bonds is 6. The van der Waals surface area contributed by atoms with Crippen molar-refractivity contribution in [3.63, 3.8) is 0 Å². The third kappa shape index (κ3) is 4.99. The Morgan fingerprint density at radius 3 is 2.71 bits per heavy atom. The number of carbonyl (C=O) groups is 1. The first-order valence-corrected chi connectivity index (χ1v) is 15.5. The Bertz CT molecular complexity index is 1380. The molecular formula is C32H42N8O. The van der Waals surface area contributed by atoms with Gasteiger partial charge in [-0.15, -0.1) is 10.2 Å². The van der Waals surface area contributed by atoms with Crippen molar-refractivity contribution in [3.05, 3.63) is 71.5 Å². The van der Waals surface area contributed by atoms with Gasteiger partial charge in [-0.3, -0.25) is 19.7 Å².